The first-order valence-electron chi connectivity index (χ1n) is 9.58. The molecule has 11 heteroatoms. The molecule has 0 aliphatic rings. The first-order valence-corrected chi connectivity index (χ1v) is 11.4. The van der Waals surface area contributed by atoms with E-state index in [9.17, 15) is 13.2 Å². The second kappa shape index (κ2) is 9.31. The highest BCUT2D eigenvalue weighted by Gasteiger charge is 2.22. The Morgan fingerprint density at radius 1 is 1.12 bits per heavy atom. The second-order valence-corrected chi connectivity index (χ2v) is 8.84. The maximum atomic E-state index is 13.0. The van der Waals surface area contributed by atoms with Crippen molar-refractivity contribution < 1.29 is 17.9 Å². The fourth-order valence-corrected chi connectivity index (χ4v) is 4.59. The van der Waals surface area contributed by atoms with Gasteiger partial charge in [-0.15, -0.1) is 0 Å². The zero-order valence-electron chi connectivity index (χ0n) is 17.3. The Bertz CT molecular complexity index is 1390. The lowest BCUT2D eigenvalue weighted by atomic mass is 10.2. The summed E-state index contributed by atoms with van der Waals surface area (Å²) in [6.07, 6.45) is 6.47. The van der Waals surface area contributed by atoms with Gasteiger partial charge in [-0.05, 0) is 42.5 Å². The molecule has 9 nitrogen and oxygen atoms in total. The van der Waals surface area contributed by atoms with E-state index < -0.39 is 15.9 Å². The summed E-state index contributed by atoms with van der Waals surface area (Å²) in [5, 5.41) is 2.66. The van der Waals surface area contributed by atoms with Crippen LogP contribution in [0, 0.1) is 0 Å². The summed E-state index contributed by atoms with van der Waals surface area (Å²) in [5.74, 6) is 0.461. The number of benzene rings is 2. The highest BCUT2D eigenvalue weighted by Crippen LogP contribution is 2.29. The van der Waals surface area contributed by atoms with E-state index in [0.717, 1.165) is 0 Å². The van der Waals surface area contributed by atoms with Crippen molar-refractivity contribution in [2.75, 3.05) is 17.1 Å². The number of methoxy groups -OCH3 is 1. The SMILES string of the molecule is COc1ccccc1NS(=O)(=O)c1cc(C(=O)Nc2ccc(-n3ccnc3)nc2)ccc1Cl. The summed E-state index contributed by atoms with van der Waals surface area (Å²) < 4.78 is 35.3. The van der Waals surface area contributed by atoms with Crippen molar-refractivity contribution in [1.82, 2.24) is 14.5 Å². The first kappa shape index (κ1) is 22.3. The molecule has 0 spiro atoms. The predicted molar refractivity (Wildman–Crippen MR) is 125 cm³/mol. The number of rotatable bonds is 7. The molecule has 1 amide bonds. The third-order valence-electron chi connectivity index (χ3n) is 4.61. The van der Waals surface area contributed by atoms with E-state index in [1.807, 2.05) is 0 Å². The number of hydrogen-bond donors (Lipinski definition) is 2. The van der Waals surface area contributed by atoms with Crippen molar-refractivity contribution in [3.63, 3.8) is 0 Å². The van der Waals surface area contributed by atoms with Crippen LogP contribution >= 0.6 is 11.6 Å². The average molecular weight is 484 g/mol. The first-order chi connectivity index (χ1) is 15.9. The standard InChI is InChI=1S/C22H18ClN5O4S/c1-32-19-5-3-2-4-18(19)27-33(30,31)20-12-15(6-8-17(20)23)22(29)26-16-7-9-21(25-13-16)28-11-10-24-14-28/h2-14,27H,1H3,(H,26,29). The largest absolute Gasteiger partial charge is 0.495 e. The average Bonchev–Trinajstić information content (AvgIpc) is 3.35. The van der Waals surface area contributed by atoms with Crippen LogP contribution in [0.4, 0.5) is 11.4 Å². The molecule has 0 fully saturated rings. The number of nitrogens with zero attached hydrogens (tertiary/aromatic N) is 3. The van der Waals surface area contributed by atoms with E-state index in [1.165, 1.54) is 31.5 Å². The molecule has 2 aromatic heterocycles. The third kappa shape index (κ3) is 4.97. The van der Waals surface area contributed by atoms with Gasteiger partial charge in [-0.1, -0.05) is 23.7 Å². The Kier molecular flexibility index (Phi) is 6.29. The van der Waals surface area contributed by atoms with Crippen molar-refractivity contribution in [3.8, 4) is 11.6 Å². The zero-order valence-corrected chi connectivity index (χ0v) is 18.8. The highest BCUT2D eigenvalue weighted by molar-refractivity contribution is 7.92. The Morgan fingerprint density at radius 3 is 2.64 bits per heavy atom. The van der Waals surface area contributed by atoms with Gasteiger partial charge in [0, 0.05) is 18.0 Å². The number of nitrogens with one attached hydrogen (secondary N) is 2. The number of carbonyl (C=O) groups excluding carboxylic acids is 1. The number of aromatic nitrogens is 3. The number of carbonyl (C=O) groups is 1. The topological polar surface area (TPSA) is 115 Å². The van der Waals surface area contributed by atoms with Gasteiger partial charge in [0.05, 0.1) is 29.7 Å². The summed E-state index contributed by atoms with van der Waals surface area (Å²) in [5.41, 5.74) is 0.795. The van der Waals surface area contributed by atoms with Crippen molar-refractivity contribution in [2.45, 2.75) is 4.90 Å². The lowest BCUT2D eigenvalue weighted by Crippen LogP contribution is -2.17. The Morgan fingerprint density at radius 2 is 1.94 bits per heavy atom. The van der Waals surface area contributed by atoms with Gasteiger partial charge in [-0.25, -0.2) is 18.4 Å². The predicted octanol–water partition coefficient (Wildman–Crippen LogP) is 3.98. The number of pyridine rings is 1. The van der Waals surface area contributed by atoms with Crippen LogP contribution in [0.15, 0.2) is 84.4 Å². The van der Waals surface area contributed by atoms with E-state index in [2.05, 4.69) is 20.0 Å². The minimum absolute atomic E-state index is 0.0275. The maximum Gasteiger partial charge on any atom is 0.263 e. The number of hydrogen-bond acceptors (Lipinski definition) is 6. The molecule has 0 saturated carbocycles. The van der Waals surface area contributed by atoms with Gasteiger partial charge in [0.15, 0.2) is 0 Å². The molecule has 0 aliphatic heterocycles. The van der Waals surface area contributed by atoms with Gasteiger partial charge in [-0.2, -0.15) is 0 Å². The quantitative estimate of drug-likeness (QED) is 0.411. The summed E-state index contributed by atoms with van der Waals surface area (Å²) >= 11 is 6.15. The minimum Gasteiger partial charge on any atom is -0.495 e. The van der Waals surface area contributed by atoms with Crippen molar-refractivity contribution in [3.05, 3.63) is 90.1 Å². The summed E-state index contributed by atoms with van der Waals surface area (Å²) in [6.45, 7) is 0. The van der Waals surface area contributed by atoms with Crippen LogP contribution < -0.4 is 14.8 Å². The maximum absolute atomic E-state index is 13.0. The van der Waals surface area contributed by atoms with Crippen LogP contribution in [-0.2, 0) is 10.0 Å². The Hall–Kier alpha value is -3.89. The lowest BCUT2D eigenvalue weighted by molar-refractivity contribution is 0.102. The van der Waals surface area contributed by atoms with E-state index in [0.29, 0.717) is 17.3 Å². The molecule has 2 aromatic carbocycles. The van der Waals surface area contributed by atoms with Gasteiger partial charge in [0.1, 0.15) is 22.8 Å². The molecule has 2 N–H and O–H groups in total. The monoisotopic (exact) mass is 483 g/mol. The molecule has 0 unspecified atom stereocenters. The van der Waals surface area contributed by atoms with Gasteiger partial charge in [0.25, 0.3) is 15.9 Å². The smallest absolute Gasteiger partial charge is 0.263 e. The van der Waals surface area contributed by atoms with Gasteiger partial charge in [-0.3, -0.25) is 14.1 Å². The molecule has 0 bridgehead atoms. The highest BCUT2D eigenvalue weighted by atomic mass is 35.5. The Labute approximate surface area is 195 Å². The van der Waals surface area contributed by atoms with Crippen molar-refractivity contribution >= 4 is 38.9 Å². The number of anilines is 2. The summed E-state index contributed by atoms with van der Waals surface area (Å²) in [7, 11) is -2.67. The molecule has 168 valence electrons. The number of ether oxygens (including phenoxy) is 1. The zero-order chi connectivity index (χ0) is 23.4. The summed E-state index contributed by atoms with van der Waals surface area (Å²) in [6, 6.07) is 14.0. The number of amides is 1. The van der Waals surface area contributed by atoms with Crippen LogP contribution in [0.1, 0.15) is 10.4 Å². The van der Waals surface area contributed by atoms with E-state index in [-0.39, 0.29) is 21.2 Å². The molecule has 0 atom stereocenters. The Balaban J connectivity index is 1.55. The van der Waals surface area contributed by atoms with Gasteiger partial charge in [0.2, 0.25) is 0 Å². The number of sulfonamides is 1. The molecule has 2 heterocycles. The normalized spacial score (nSPS) is 11.1. The molecule has 0 saturated heterocycles. The summed E-state index contributed by atoms with van der Waals surface area (Å²) in [4.78, 5) is 20.7. The van der Waals surface area contributed by atoms with Crippen LogP contribution in [-0.4, -0.2) is 36.0 Å². The lowest BCUT2D eigenvalue weighted by Gasteiger charge is -2.13. The van der Waals surface area contributed by atoms with Crippen LogP contribution in [0.2, 0.25) is 5.02 Å². The van der Waals surface area contributed by atoms with Crippen molar-refractivity contribution in [1.29, 1.82) is 0 Å². The molecular formula is C22H18ClN5O4S. The molecule has 0 radical (unpaired) electrons. The fourth-order valence-electron chi connectivity index (χ4n) is 2.99. The molecule has 33 heavy (non-hydrogen) atoms. The van der Waals surface area contributed by atoms with Crippen LogP contribution in [0.25, 0.3) is 5.82 Å². The van der Waals surface area contributed by atoms with Crippen LogP contribution in [0.5, 0.6) is 5.75 Å². The second-order valence-electron chi connectivity index (χ2n) is 6.78. The van der Waals surface area contributed by atoms with Crippen molar-refractivity contribution in [2.24, 2.45) is 0 Å². The van der Waals surface area contributed by atoms with E-state index in [4.69, 9.17) is 16.3 Å². The molecule has 4 rings (SSSR count). The van der Waals surface area contributed by atoms with E-state index in [1.54, 1.807) is 59.7 Å². The third-order valence-corrected chi connectivity index (χ3v) is 6.46. The van der Waals surface area contributed by atoms with Gasteiger partial charge < -0.3 is 10.1 Å². The minimum atomic E-state index is -4.10. The van der Waals surface area contributed by atoms with Crippen LogP contribution in [0.3, 0.4) is 0 Å². The number of imidazole rings is 1. The fraction of sp³-hybridized carbons (Fsp3) is 0.0455. The van der Waals surface area contributed by atoms with E-state index >= 15 is 0 Å². The molecule has 4 aromatic rings. The molecular weight excluding hydrogens is 466 g/mol. The molecule has 0 aliphatic carbocycles. The number of halogens is 1. The van der Waals surface area contributed by atoms with Gasteiger partial charge >= 0.3 is 0 Å². The number of para-hydroxylation sites is 2.